The van der Waals surface area contributed by atoms with Crippen LogP contribution >= 0.6 is 0 Å². The number of carboxylic acids is 1. The Hall–Kier alpha value is -3.61. The highest BCUT2D eigenvalue weighted by molar-refractivity contribution is 5.85. The lowest BCUT2D eigenvalue weighted by atomic mass is 9.93. The predicted octanol–water partition coefficient (Wildman–Crippen LogP) is 4.22. The number of aromatic nitrogens is 2. The number of amides is 1. The molecule has 0 radical (unpaired) electrons. The number of benzene rings is 2. The molecule has 2 aliphatic carbocycles. The fraction of sp³-hybridized carbons (Fsp3) is 0.346. The number of aryl methyl sites for hydroxylation is 1. The molecule has 0 saturated heterocycles. The minimum Gasteiger partial charge on any atom is -0.479 e. The lowest BCUT2D eigenvalue weighted by Crippen LogP contribution is -2.59. The number of carbonyl (C=O) groups is 2. The first-order valence-corrected chi connectivity index (χ1v) is 11.4. The Bertz CT molecular complexity index is 1150. The summed E-state index contributed by atoms with van der Waals surface area (Å²) in [5, 5.41) is 17.1. The molecule has 2 aliphatic rings. The SMILES string of the molecule is CCc1cnn(CC(NC(=O)OCC2c3ccccc3-c3ccccc32)(C(=O)O)C2CC2)c1. The fourth-order valence-electron chi connectivity index (χ4n) is 4.89. The summed E-state index contributed by atoms with van der Waals surface area (Å²) in [5.74, 6) is -1.29. The number of nitrogens with one attached hydrogen (secondary N) is 1. The van der Waals surface area contributed by atoms with Crippen LogP contribution in [-0.4, -0.2) is 39.1 Å². The second-order valence-corrected chi connectivity index (χ2v) is 8.90. The number of ether oxygens (including phenoxy) is 1. The van der Waals surface area contributed by atoms with Crippen molar-refractivity contribution in [1.82, 2.24) is 15.1 Å². The van der Waals surface area contributed by atoms with Gasteiger partial charge in [0.05, 0.1) is 12.7 Å². The standard InChI is InChI=1S/C26H27N3O4/c1-2-17-13-27-29(14-17)16-26(24(30)31,18-11-12-18)28-25(32)33-15-23-21-9-5-3-7-19(21)20-8-4-6-10-22(20)23/h3-10,13-14,18,23H,2,11-12,15-16H2,1H3,(H,28,32)(H,30,31). The molecular weight excluding hydrogens is 418 g/mol. The second-order valence-electron chi connectivity index (χ2n) is 8.90. The van der Waals surface area contributed by atoms with Gasteiger partial charge >= 0.3 is 12.1 Å². The molecule has 0 aliphatic heterocycles. The van der Waals surface area contributed by atoms with E-state index in [1.807, 2.05) is 37.4 Å². The normalized spacial score (nSPS) is 16.5. The maximum atomic E-state index is 12.9. The third kappa shape index (κ3) is 3.88. The zero-order valence-electron chi connectivity index (χ0n) is 18.5. The number of rotatable bonds is 8. The van der Waals surface area contributed by atoms with E-state index in [0.29, 0.717) is 0 Å². The van der Waals surface area contributed by atoms with Gasteiger partial charge in [0.2, 0.25) is 0 Å². The molecule has 33 heavy (non-hydrogen) atoms. The summed E-state index contributed by atoms with van der Waals surface area (Å²) in [6, 6.07) is 16.2. The summed E-state index contributed by atoms with van der Waals surface area (Å²) in [4.78, 5) is 25.3. The Kier molecular flexibility index (Phi) is 5.40. The van der Waals surface area contributed by atoms with E-state index in [0.717, 1.165) is 47.1 Å². The summed E-state index contributed by atoms with van der Waals surface area (Å²) in [5.41, 5.74) is 4.09. The molecule has 1 unspecified atom stereocenters. The molecule has 2 N–H and O–H groups in total. The molecule has 1 saturated carbocycles. The van der Waals surface area contributed by atoms with Gasteiger partial charge in [-0.2, -0.15) is 5.10 Å². The average molecular weight is 446 g/mol. The Morgan fingerprint density at radius 2 is 1.76 bits per heavy atom. The van der Waals surface area contributed by atoms with E-state index in [1.165, 1.54) is 0 Å². The molecule has 1 amide bonds. The number of hydrogen-bond acceptors (Lipinski definition) is 4. The molecule has 7 nitrogen and oxygen atoms in total. The minimum atomic E-state index is -1.44. The Morgan fingerprint density at radius 3 is 2.30 bits per heavy atom. The van der Waals surface area contributed by atoms with Crippen LogP contribution in [-0.2, 0) is 22.5 Å². The highest BCUT2D eigenvalue weighted by atomic mass is 16.5. The molecule has 1 atom stereocenters. The average Bonchev–Trinajstić information content (AvgIpc) is 3.50. The van der Waals surface area contributed by atoms with E-state index in [2.05, 4.69) is 34.7 Å². The number of carbonyl (C=O) groups excluding carboxylic acids is 1. The van der Waals surface area contributed by atoms with Gasteiger partial charge in [-0.3, -0.25) is 4.68 Å². The van der Waals surface area contributed by atoms with Crippen molar-refractivity contribution >= 4 is 12.1 Å². The molecule has 2 aromatic carbocycles. The van der Waals surface area contributed by atoms with Crippen molar-refractivity contribution in [2.24, 2.45) is 5.92 Å². The van der Waals surface area contributed by atoms with Gasteiger partial charge in [-0.1, -0.05) is 55.5 Å². The first-order chi connectivity index (χ1) is 16.0. The van der Waals surface area contributed by atoms with E-state index < -0.39 is 17.6 Å². The van der Waals surface area contributed by atoms with Crippen molar-refractivity contribution in [3.8, 4) is 11.1 Å². The molecule has 170 valence electrons. The van der Waals surface area contributed by atoms with Crippen molar-refractivity contribution in [2.45, 2.75) is 44.2 Å². The monoisotopic (exact) mass is 445 g/mol. The third-order valence-corrected chi connectivity index (χ3v) is 6.83. The highest BCUT2D eigenvalue weighted by Gasteiger charge is 2.53. The third-order valence-electron chi connectivity index (χ3n) is 6.83. The van der Waals surface area contributed by atoms with Crippen LogP contribution in [0.25, 0.3) is 11.1 Å². The van der Waals surface area contributed by atoms with Gasteiger partial charge in [0.15, 0.2) is 5.54 Å². The van der Waals surface area contributed by atoms with Gasteiger partial charge in [0.25, 0.3) is 0 Å². The smallest absolute Gasteiger partial charge is 0.408 e. The molecule has 1 fully saturated rings. The first kappa shape index (κ1) is 21.2. The van der Waals surface area contributed by atoms with Gasteiger partial charge in [-0.05, 0) is 53.0 Å². The maximum absolute atomic E-state index is 12.9. The van der Waals surface area contributed by atoms with Crippen LogP contribution in [0, 0.1) is 5.92 Å². The minimum absolute atomic E-state index is 0.0667. The van der Waals surface area contributed by atoms with Crippen LogP contribution in [0.5, 0.6) is 0 Å². The lowest BCUT2D eigenvalue weighted by molar-refractivity contribution is -0.146. The van der Waals surface area contributed by atoms with Crippen molar-refractivity contribution in [3.05, 3.63) is 77.6 Å². The Labute approximate surface area is 192 Å². The van der Waals surface area contributed by atoms with E-state index >= 15 is 0 Å². The van der Waals surface area contributed by atoms with Gasteiger partial charge in [0, 0.05) is 12.1 Å². The van der Waals surface area contributed by atoms with E-state index in [-0.39, 0.29) is 25.0 Å². The molecule has 1 aromatic heterocycles. The predicted molar refractivity (Wildman–Crippen MR) is 123 cm³/mol. The zero-order chi connectivity index (χ0) is 23.0. The molecule has 7 heteroatoms. The number of hydrogen-bond donors (Lipinski definition) is 2. The van der Waals surface area contributed by atoms with Crippen molar-refractivity contribution in [1.29, 1.82) is 0 Å². The van der Waals surface area contributed by atoms with Gasteiger partial charge in [-0.15, -0.1) is 0 Å². The largest absolute Gasteiger partial charge is 0.479 e. The Morgan fingerprint density at radius 1 is 1.12 bits per heavy atom. The zero-order valence-corrected chi connectivity index (χ0v) is 18.5. The quantitative estimate of drug-likeness (QED) is 0.542. The van der Waals surface area contributed by atoms with E-state index in [1.54, 1.807) is 10.9 Å². The maximum Gasteiger partial charge on any atom is 0.408 e. The van der Waals surface area contributed by atoms with Gasteiger partial charge in [-0.25, -0.2) is 9.59 Å². The van der Waals surface area contributed by atoms with Crippen LogP contribution in [0.15, 0.2) is 60.9 Å². The van der Waals surface area contributed by atoms with Crippen LogP contribution in [0.4, 0.5) is 4.79 Å². The van der Waals surface area contributed by atoms with Crippen molar-refractivity contribution in [3.63, 3.8) is 0 Å². The summed E-state index contributed by atoms with van der Waals surface area (Å²) in [6.07, 6.45) is 5.15. The van der Waals surface area contributed by atoms with E-state index in [9.17, 15) is 14.7 Å². The van der Waals surface area contributed by atoms with Crippen LogP contribution in [0.3, 0.4) is 0 Å². The number of carboxylic acid groups (broad SMARTS) is 1. The highest BCUT2D eigenvalue weighted by Crippen LogP contribution is 2.45. The number of nitrogens with zero attached hydrogens (tertiary/aromatic N) is 2. The topological polar surface area (TPSA) is 93.5 Å². The Balaban J connectivity index is 1.33. The molecule has 0 bridgehead atoms. The van der Waals surface area contributed by atoms with Crippen LogP contribution in [0.2, 0.25) is 0 Å². The first-order valence-electron chi connectivity index (χ1n) is 11.4. The summed E-state index contributed by atoms with van der Waals surface area (Å²) < 4.78 is 7.25. The molecule has 1 heterocycles. The van der Waals surface area contributed by atoms with Crippen LogP contribution < -0.4 is 5.32 Å². The summed E-state index contributed by atoms with van der Waals surface area (Å²) in [6.45, 7) is 2.22. The number of alkyl carbamates (subject to hydrolysis) is 1. The summed E-state index contributed by atoms with van der Waals surface area (Å²) >= 11 is 0. The molecule has 3 aromatic rings. The van der Waals surface area contributed by atoms with E-state index in [4.69, 9.17) is 4.74 Å². The second kappa shape index (κ2) is 8.39. The number of fused-ring (bicyclic) bond motifs is 3. The molecular formula is C26H27N3O4. The van der Waals surface area contributed by atoms with Crippen molar-refractivity contribution in [2.75, 3.05) is 6.61 Å². The molecule has 5 rings (SSSR count). The molecule has 0 spiro atoms. The number of aliphatic carboxylic acids is 1. The van der Waals surface area contributed by atoms with Gasteiger partial charge in [0.1, 0.15) is 6.61 Å². The van der Waals surface area contributed by atoms with Crippen LogP contribution in [0.1, 0.15) is 42.4 Å². The van der Waals surface area contributed by atoms with Gasteiger partial charge < -0.3 is 15.2 Å². The summed E-state index contributed by atoms with van der Waals surface area (Å²) in [7, 11) is 0. The van der Waals surface area contributed by atoms with Crippen molar-refractivity contribution < 1.29 is 19.4 Å². The lowest BCUT2D eigenvalue weighted by Gasteiger charge is -2.30. The fourth-order valence-corrected chi connectivity index (χ4v) is 4.89.